The van der Waals surface area contributed by atoms with E-state index < -0.39 is 11.2 Å². The summed E-state index contributed by atoms with van der Waals surface area (Å²) in [6.07, 6.45) is 4.66. The Bertz CT molecular complexity index is 2230. The first-order valence-corrected chi connectivity index (χ1v) is 16.0. The van der Waals surface area contributed by atoms with Gasteiger partial charge >= 0.3 is 0 Å². The van der Waals surface area contributed by atoms with Crippen LogP contribution >= 0.6 is 0 Å². The summed E-state index contributed by atoms with van der Waals surface area (Å²) in [5.74, 6) is 1.85. The van der Waals surface area contributed by atoms with Gasteiger partial charge in [0.2, 0.25) is 23.5 Å². The first kappa shape index (κ1) is 35.3. The highest BCUT2D eigenvalue weighted by molar-refractivity contribution is 5.50. The monoisotopic (exact) mass is 676 g/mol. The second-order valence-corrected chi connectivity index (χ2v) is 11.8. The second kappa shape index (κ2) is 15.5. The van der Waals surface area contributed by atoms with Crippen molar-refractivity contribution in [1.29, 1.82) is 21.0 Å². The van der Waals surface area contributed by atoms with Crippen LogP contribution < -0.4 is 18.9 Å². The van der Waals surface area contributed by atoms with Crippen molar-refractivity contribution < 1.29 is 18.9 Å². The van der Waals surface area contributed by atoms with Crippen molar-refractivity contribution in [2.75, 3.05) is 0 Å². The van der Waals surface area contributed by atoms with Gasteiger partial charge in [-0.2, -0.15) is 21.0 Å². The Balaban J connectivity index is 1.33. The van der Waals surface area contributed by atoms with Gasteiger partial charge in [-0.05, 0) is 80.3 Å². The molecule has 5 rings (SSSR count). The van der Waals surface area contributed by atoms with Crippen LogP contribution in [0.3, 0.4) is 0 Å². The van der Waals surface area contributed by atoms with Gasteiger partial charge in [-0.15, -0.1) is 0 Å². The maximum Gasteiger partial charge on any atom is 0.226 e. The first-order valence-electron chi connectivity index (χ1n) is 16.0. The van der Waals surface area contributed by atoms with Crippen molar-refractivity contribution in [2.45, 2.75) is 58.2 Å². The molecule has 252 valence electrons. The van der Waals surface area contributed by atoms with Crippen molar-refractivity contribution in [3.63, 3.8) is 0 Å². The Morgan fingerprint density at radius 1 is 0.549 bits per heavy atom. The number of benzene rings is 3. The van der Waals surface area contributed by atoms with Crippen molar-refractivity contribution in [3.8, 4) is 59.3 Å². The van der Waals surface area contributed by atoms with Crippen molar-refractivity contribution in [2.24, 2.45) is 0 Å². The van der Waals surface area contributed by atoms with Crippen LogP contribution in [0.5, 0.6) is 35.0 Å². The molecule has 2 aromatic heterocycles. The summed E-state index contributed by atoms with van der Waals surface area (Å²) in [5, 5.41) is 37.5. The molecule has 0 bridgehead atoms. The van der Waals surface area contributed by atoms with Gasteiger partial charge in [0.25, 0.3) is 0 Å². The van der Waals surface area contributed by atoms with Crippen LogP contribution in [0, 0.1) is 45.3 Å². The summed E-state index contributed by atoms with van der Waals surface area (Å²) in [4.78, 5) is 17.1. The van der Waals surface area contributed by atoms with Crippen LogP contribution in [0.15, 0.2) is 85.5 Å². The predicted octanol–water partition coefficient (Wildman–Crippen LogP) is 8.14. The molecule has 2 atom stereocenters. The van der Waals surface area contributed by atoms with Gasteiger partial charge in [0.05, 0.1) is 34.4 Å². The molecular weight excluding hydrogens is 644 g/mol. The zero-order valence-electron chi connectivity index (χ0n) is 28.4. The molecule has 0 spiro atoms. The van der Waals surface area contributed by atoms with E-state index in [4.69, 9.17) is 18.9 Å². The Morgan fingerprint density at radius 2 is 1.06 bits per heavy atom. The molecule has 0 radical (unpaired) electrons. The van der Waals surface area contributed by atoms with Crippen molar-refractivity contribution >= 4 is 0 Å². The van der Waals surface area contributed by atoms with Crippen LogP contribution in [0.2, 0.25) is 0 Å². The number of nitriles is 4. The molecule has 3 aromatic carbocycles. The lowest BCUT2D eigenvalue weighted by atomic mass is 9.89. The minimum Gasteiger partial charge on any atom is -0.466 e. The Kier molecular flexibility index (Phi) is 10.7. The van der Waals surface area contributed by atoms with E-state index in [0.29, 0.717) is 29.9 Å². The number of hydrogen-bond acceptors (Lipinski definition) is 12. The van der Waals surface area contributed by atoms with E-state index in [1.807, 2.05) is 64.1 Å². The molecule has 12 nitrogen and oxygen atoms in total. The summed E-state index contributed by atoms with van der Waals surface area (Å²) in [6.45, 7) is 7.87. The first-order chi connectivity index (χ1) is 24.6. The fraction of sp³-hybridized carbons (Fsp3) is 0.231. The molecule has 0 N–H and O–H groups in total. The maximum absolute atomic E-state index is 9.57. The Hall–Kier alpha value is -7.02. The number of nitrogens with zero attached hydrogens (tertiary/aromatic N) is 8. The third-order valence-electron chi connectivity index (χ3n) is 8.29. The quantitative estimate of drug-likeness (QED) is 0.117. The van der Waals surface area contributed by atoms with E-state index in [9.17, 15) is 21.0 Å². The molecule has 0 saturated carbocycles. The molecule has 0 saturated heterocycles. The van der Waals surface area contributed by atoms with Gasteiger partial charge in [0.1, 0.15) is 59.6 Å². The molecule has 0 aliphatic heterocycles. The number of aromatic nitrogens is 4. The lowest BCUT2D eigenvalue weighted by Crippen LogP contribution is -2.30. The standard InChI is InChI=1S/C39H32N8O4/c1-5-14-39(4,31-12-10-26(20-40)28(15-31)22-42)51-37-19-34(44-25-47-37)48-32-9-7-8-30(17-32)38(3,6-2)50-36-18-35(45-24-46-36)49-33-13-11-27(21-41)29(16-33)23-43/h7-13,15-19,24-25H,5-6,14H2,1-4H3. The predicted molar refractivity (Wildman–Crippen MR) is 184 cm³/mol. The fourth-order valence-corrected chi connectivity index (χ4v) is 5.37. The molecular formula is C39H32N8O4. The van der Waals surface area contributed by atoms with Gasteiger partial charge in [-0.1, -0.05) is 38.5 Å². The highest BCUT2D eigenvalue weighted by Gasteiger charge is 2.31. The average molecular weight is 677 g/mol. The zero-order chi connectivity index (χ0) is 36.4. The molecule has 0 aliphatic carbocycles. The second-order valence-electron chi connectivity index (χ2n) is 11.8. The molecule has 2 heterocycles. The molecule has 0 amide bonds. The van der Waals surface area contributed by atoms with Gasteiger partial charge in [-0.25, -0.2) is 19.9 Å². The van der Waals surface area contributed by atoms with E-state index in [1.165, 1.54) is 24.8 Å². The van der Waals surface area contributed by atoms with E-state index in [2.05, 4.69) is 26.0 Å². The summed E-state index contributed by atoms with van der Waals surface area (Å²) < 4.78 is 24.8. The summed E-state index contributed by atoms with van der Waals surface area (Å²) >= 11 is 0. The maximum atomic E-state index is 9.57. The van der Waals surface area contributed by atoms with E-state index >= 15 is 0 Å². The molecule has 2 unspecified atom stereocenters. The average Bonchev–Trinajstić information content (AvgIpc) is 3.14. The summed E-state index contributed by atoms with van der Waals surface area (Å²) in [6, 6.07) is 28.3. The van der Waals surface area contributed by atoms with Crippen molar-refractivity contribution in [1.82, 2.24) is 19.9 Å². The number of hydrogen-bond donors (Lipinski definition) is 0. The lowest BCUT2D eigenvalue weighted by Gasteiger charge is -2.31. The number of ether oxygens (including phenoxy) is 4. The van der Waals surface area contributed by atoms with Crippen LogP contribution in [-0.4, -0.2) is 19.9 Å². The third kappa shape index (κ3) is 8.17. The SMILES string of the molecule is CCCC(C)(Oc1cc(Oc2cccc(C(C)(CC)Oc3cc(Oc4ccc(C#N)c(C#N)c4)ncn3)c2)ncn1)c1ccc(C#N)c(C#N)c1. The fourth-order valence-electron chi connectivity index (χ4n) is 5.37. The van der Waals surface area contributed by atoms with Gasteiger partial charge < -0.3 is 18.9 Å². The topological polar surface area (TPSA) is 184 Å². The zero-order valence-corrected chi connectivity index (χ0v) is 28.4. The Morgan fingerprint density at radius 3 is 1.63 bits per heavy atom. The Labute approximate surface area is 295 Å². The smallest absolute Gasteiger partial charge is 0.226 e. The van der Waals surface area contributed by atoms with Crippen LogP contribution in [0.1, 0.15) is 80.3 Å². The van der Waals surface area contributed by atoms with Crippen LogP contribution in [0.4, 0.5) is 0 Å². The van der Waals surface area contributed by atoms with Gasteiger partial charge in [-0.3, -0.25) is 0 Å². The minimum absolute atomic E-state index is 0.195. The van der Waals surface area contributed by atoms with E-state index in [-0.39, 0.29) is 40.2 Å². The molecule has 0 fully saturated rings. The van der Waals surface area contributed by atoms with Gasteiger partial charge in [0, 0.05) is 0 Å². The summed E-state index contributed by atoms with van der Waals surface area (Å²) in [5.41, 5.74) is 0.910. The molecule has 0 aliphatic rings. The van der Waals surface area contributed by atoms with Gasteiger partial charge in [0.15, 0.2) is 0 Å². The highest BCUT2D eigenvalue weighted by Crippen LogP contribution is 2.36. The molecule has 51 heavy (non-hydrogen) atoms. The lowest BCUT2D eigenvalue weighted by molar-refractivity contribution is 0.0699. The largest absolute Gasteiger partial charge is 0.466 e. The minimum atomic E-state index is -0.840. The third-order valence-corrected chi connectivity index (χ3v) is 8.29. The molecule has 12 heteroatoms. The molecule has 5 aromatic rings. The van der Waals surface area contributed by atoms with E-state index in [0.717, 1.165) is 17.5 Å². The van der Waals surface area contributed by atoms with Crippen molar-refractivity contribution in [3.05, 3.63) is 119 Å². The van der Waals surface area contributed by atoms with Crippen LogP contribution in [0.25, 0.3) is 0 Å². The number of rotatable bonds is 13. The normalized spacial score (nSPS) is 12.8. The van der Waals surface area contributed by atoms with E-state index in [1.54, 1.807) is 42.5 Å². The van der Waals surface area contributed by atoms with Crippen LogP contribution in [-0.2, 0) is 11.2 Å². The highest BCUT2D eigenvalue weighted by atomic mass is 16.5. The summed E-state index contributed by atoms with van der Waals surface area (Å²) in [7, 11) is 0.